The molecule has 0 radical (unpaired) electrons. The van der Waals surface area contributed by atoms with Gasteiger partial charge in [-0.25, -0.2) is 0 Å². The molecule has 0 fully saturated rings. The third-order valence-corrected chi connectivity index (χ3v) is 2.15. The number of hydrogen-bond acceptors (Lipinski definition) is 4. The number of rotatable bonds is 1. The van der Waals surface area contributed by atoms with Gasteiger partial charge in [0.15, 0.2) is 5.92 Å². The molecule has 1 heterocycles. The number of aromatic nitrogens is 2. The number of nitrogens with zero attached hydrogens (tertiary/aromatic N) is 4. The summed E-state index contributed by atoms with van der Waals surface area (Å²) in [5.41, 5.74) is 1.32. The lowest BCUT2D eigenvalue weighted by molar-refractivity contribution is 1.02. The predicted octanol–water partition coefficient (Wildman–Crippen LogP) is 1.76. The molecule has 2 rings (SSSR count). The van der Waals surface area contributed by atoms with Crippen LogP contribution in [0.2, 0.25) is 0 Å². The quantitative estimate of drug-likeness (QED) is 0.693. The van der Waals surface area contributed by atoms with Gasteiger partial charge in [0.05, 0.1) is 23.9 Å². The highest BCUT2D eigenvalue weighted by atomic mass is 15.1. The van der Waals surface area contributed by atoms with Crippen molar-refractivity contribution in [2.45, 2.75) is 5.92 Å². The fourth-order valence-corrected chi connectivity index (χ4v) is 1.43. The van der Waals surface area contributed by atoms with Crippen LogP contribution >= 0.6 is 0 Å². The predicted molar refractivity (Wildman–Crippen MR) is 53.5 cm³/mol. The summed E-state index contributed by atoms with van der Waals surface area (Å²) in [7, 11) is 0. The van der Waals surface area contributed by atoms with Gasteiger partial charge in [0.25, 0.3) is 0 Å². The molecule has 0 atom stereocenters. The van der Waals surface area contributed by atoms with E-state index in [1.54, 1.807) is 6.07 Å². The zero-order valence-corrected chi connectivity index (χ0v) is 7.75. The Bertz CT molecular complexity index is 558. The zero-order valence-electron chi connectivity index (χ0n) is 7.75. The normalized spacial score (nSPS) is 9.80. The van der Waals surface area contributed by atoms with E-state index in [0.717, 1.165) is 5.39 Å². The van der Waals surface area contributed by atoms with E-state index in [9.17, 15) is 0 Å². The minimum atomic E-state index is -0.787. The largest absolute Gasteiger partial charge is 0.196 e. The van der Waals surface area contributed by atoms with E-state index in [1.807, 2.05) is 30.3 Å². The van der Waals surface area contributed by atoms with Gasteiger partial charge >= 0.3 is 0 Å². The Morgan fingerprint density at radius 1 is 1.13 bits per heavy atom. The maximum absolute atomic E-state index is 8.82. The smallest absolute Gasteiger partial charge is 0.160 e. The van der Waals surface area contributed by atoms with Crippen LogP contribution < -0.4 is 0 Å². The Morgan fingerprint density at radius 2 is 1.87 bits per heavy atom. The topological polar surface area (TPSA) is 73.4 Å². The molecule has 0 saturated heterocycles. The second kappa shape index (κ2) is 3.73. The molecule has 0 aliphatic heterocycles. The molecule has 0 aliphatic carbocycles. The first kappa shape index (κ1) is 9.11. The van der Waals surface area contributed by atoms with E-state index in [4.69, 9.17) is 10.5 Å². The van der Waals surface area contributed by atoms with Crippen LogP contribution in [0.3, 0.4) is 0 Å². The monoisotopic (exact) mass is 194 g/mol. The van der Waals surface area contributed by atoms with Gasteiger partial charge in [-0.3, -0.25) is 0 Å². The highest BCUT2D eigenvalue weighted by Crippen LogP contribution is 2.22. The lowest BCUT2D eigenvalue weighted by Crippen LogP contribution is -1.96. The van der Waals surface area contributed by atoms with Crippen molar-refractivity contribution in [2.24, 2.45) is 0 Å². The fraction of sp³-hybridized carbons (Fsp3) is 0.0909. The van der Waals surface area contributed by atoms with Crippen molar-refractivity contribution in [3.8, 4) is 12.1 Å². The summed E-state index contributed by atoms with van der Waals surface area (Å²) in [4.78, 5) is 0. The van der Waals surface area contributed by atoms with E-state index >= 15 is 0 Å². The molecule has 15 heavy (non-hydrogen) atoms. The van der Waals surface area contributed by atoms with Crippen molar-refractivity contribution in [1.82, 2.24) is 10.2 Å². The van der Waals surface area contributed by atoms with Crippen LogP contribution in [0.25, 0.3) is 10.9 Å². The Labute approximate surface area is 86.4 Å². The van der Waals surface area contributed by atoms with Crippen LogP contribution in [0.4, 0.5) is 0 Å². The number of hydrogen-bond donors (Lipinski definition) is 0. The Kier molecular flexibility index (Phi) is 2.26. The van der Waals surface area contributed by atoms with Crippen LogP contribution in [-0.2, 0) is 0 Å². The summed E-state index contributed by atoms with van der Waals surface area (Å²) >= 11 is 0. The minimum absolute atomic E-state index is 0.616. The van der Waals surface area contributed by atoms with Crippen molar-refractivity contribution in [3.05, 3.63) is 36.0 Å². The summed E-state index contributed by atoms with van der Waals surface area (Å²) in [6.45, 7) is 0. The first-order valence-electron chi connectivity index (χ1n) is 4.36. The van der Waals surface area contributed by atoms with E-state index in [1.165, 1.54) is 6.20 Å². The molecule has 0 saturated carbocycles. The van der Waals surface area contributed by atoms with Crippen LogP contribution in [0.1, 0.15) is 11.5 Å². The van der Waals surface area contributed by atoms with Gasteiger partial charge in [0.1, 0.15) is 0 Å². The number of fused-ring (bicyclic) bond motifs is 1. The Morgan fingerprint density at radius 3 is 2.60 bits per heavy atom. The maximum atomic E-state index is 8.82. The van der Waals surface area contributed by atoms with E-state index in [-0.39, 0.29) is 0 Å². The average Bonchev–Trinajstić information content (AvgIpc) is 2.31. The van der Waals surface area contributed by atoms with E-state index in [2.05, 4.69) is 10.2 Å². The van der Waals surface area contributed by atoms with Crippen molar-refractivity contribution in [2.75, 3.05) is 0 Å². The second-order valence-corrected chi connectivity index (χ2v) is 3.01. The third kappa shape index (κ3) is 1.49. The average molecular weight is 194 g/mol. The van der Waals surface area contributed by atoms with Gasteiger partial charge in [-0.05, 0) is 6.07 Å². The van der Waals surface area contributed by atoms with Gasteiger partial charge in [-0.1, -0.05) is 18.2 Å². The molecule has 0 amide bonds. The van der Waals surface area contributed by atoms with E-state index < -0.39 is 5.92 Å². The summed E-state index contributed by atoms with van der Waals surface area (Å²) in [5, 5.41) is 26.1. The number of nitriles is 2. The van der Waals surface area contributed by atoms with Crippen LogP contribution in [-0.4, -0.2) is 10.2 Å². The highest BCUT2D eigenvalue weighted by molar-refractivity contribution is 5.82. The van der Waals surface area contributed by atoms with Crippen molar-refractivity contribution in [1.29, 1.82) is 10.5 Å². The molecule has 70 valence electrons. The van der Waals surface area contributed by atoms with Gasteiger partial charge in [-0.2, -0.15) is 20.7 Å². The molecule has 0 spiro atoms. The molecular formula is C11H6N4. The zero-order chi connectivity index (χ0) is 10.7. The molecule has 0 aliphatic rings. The van der Waals surface area contributed by atoms with Crippen molar-refractivity contribution < 1.29 is 0 Å². The van der Waals surface area contributed by atoms with Crippen LogP contribution in [0.15, 0.2) is 30.5 Å². The van der Waals surface area contributed by atoms with E-state index in [0.29, 0.717) is 11.1 Å². The molecule has 0 N–H and O–H groups in total. The van der Waals surface area contributed by atoms with Gasteiger partial charge in [0.2, 0.25) is 0 Å². The molecule has 0 bridgehead atoms. The van der Waals surface area contributed by atoms with Gasteiger partial charge in [0, 0.05) is 10.9 Å². The molecule has 4 nitrogen and oxygen atoms in total. The lowest BCUT2D eigenvalue weighted by Gasteiger charge is -2.03. The maximum Gasteiger partial charge on any atom is 0.160 e. The second-order valence-electron chi connectivity index (χ2n) is 3.01. The first-order valence-corrected chi connectivity index (χ1v) is 4.36. The standard InChI is InChI=1S/C11H6N4/c12-5-8(6-13)10-7-14-15-11-4-2-1-3-9(10)11/h1-4,7-8H. The lowest BCUT2D eigenvalue weighted by atomic mass is 10.00. The summed E-state index contributed by atoms with van der Waals surface area (Å²) in [6.07, 6.45) is 1.47. The van der Waals surface area contributed by atoms with Crippen LogP contribution in [0, 0.1) is 22.7 Å². The number of benzene rings is 1. The molecule has 0 unspecified atom stereocenters. The summed E-state index contributed by atoms with van der Waals surface area (Å²) in [5.74, 6) is -0.787. The van der Waals surface area contributed by atoms with Gasteiger partial charge < -0.3 is 0 Å². The molecule has 4 heteroatoms. The molecule has 2 aromatic rings. The third-order valence-electron chi connectivity index (χ3n) is 2.15. The van der Waals surface area contributed by atoms with Crippen LogP contribution in [0.5, 0.6) is 0 Å². The first-order chi connectivity index (χ1) is 7.36. The molecule has 1 aromatic carbocycles. The highest BCUT2D eigenvalue weighted by Gasteiger charge is 2.13. The Hall–Kier alpha value is -2.46. The van der Waals surface area contributed by atoms with Gasteiger partial charge in [-0.15, -0.1) is 0 Å². The minimum Gasteiger partial charge on any atom is -0.196 e. The van der Waals surface area contributed by atoms with Crippen molar-refractivity contribution >= 4 is 10.9 Å². The fourth-order valence-electron chi connectivity index (χ4n) is 1.43. The summed E-state index contributed by atoms with van der Waals surface area (Å²) in [6, 6.07) is 11.2. The molecule has 1 aromatic heterocycles. The summed E-state index contributed by atoms with van der Waals surface area (Å²) < 4.78 is 0. The molecular weight excluding hydrogens is 188 g/mol. The Balaban J connectivity index is 2.73. The van der Waals surface area contributed by atoms with Crippen molar-refractivity contribution in [3.63, 3.8) is 0 Å². The SMILES string of the molecule is N#CC(C#N)c1cnnc2ccccc12.